The maximum Gasteiger partial charge on any atom is 0.223 e. The molecule has 2 aromatic heterocycles. The first-order valence-corrected chi connectivity index (χ1v) is 5.93. The highest BCUT2D eigenvalue weighted by atomic mass is 15.1. The van der Waals surface area contributed by atoms with Crippen molar-refractivity contribution in [2.75, 3.05) is 11.9 Å². The van der Waals surface area contributed by atoms with Crippen molar-refractivity contribution in [3.63, 3.8) is 0 Å². The number of rotatable bonds is 5. The molecule has 2 aromatic rings. The lowest BCUT2D eigenvalue weighted by Crippen LogP contribution is -2.05. The molecule has 0 amide bonds. The van der Waals surface area contributed by atoms with Crippen LogP contribution in [0.1, 0.15) is 20.3 Å². The summed E-state index contributed by atoms with van der Waals surface area (Å²) >= 11 is 0. The van der Waals surface area contributed by atoms with Crippen LogP contribution < -0.4 is 5.32 Å². The number of hydrogen-bond donors (Lipinski definition) is 1. The number of nitrogens with one attached hydrogen (secondary N) is 1. The first kappa shape index (κ1) is 11.6. The van der Waals surface area contributed by atoms with Crippen LogP contribution in [-0.2, 0) is 6.54 Å². The van der Waals surface area contributed by atoms with Gasteiger partial charge in [0.1, 0.15) is 5.69 Å². The molecule has 17 heavy (non-hydrogen) atoms. The Kier molecular flexibility index (Phi) is 3.69. The average molecular weight is 231 g/mol. The van der Waals surface area contributed by atoms with Gasteiger partial charge in [0.25, 0.3) is 0 Å². The van der Waals surface area contributed by atoms with Gasteiger partial charge in [0.15, 0.2) is 5.82 Å². The Bertz CT molecular complexity index is 477. The molecule has 0 saturated carbocycles. The predicted molar refractivity (Wildman–Crippen MR) is 67.7 cm³/mol. The standard InChI is InChI=1S/C12H17N5/c1-3-6-14-12-15-7-5-10(16-12)11-13-8-9-17(11)4-2/h5,7-9H,3-4,6H2,1-2H3,(H,14,15,16). The lowest BCUT2D eigenvalue weighted by atomic mass is 10.4. The van der Waals surface area contributed by atoms with E-state index in [4.69, 9.17) is 0 Å². The van der Waals surface area contributed by atoms with Gasteiger partial charge in [-0.15, -0.1) is 0 Å². The van der Waals surface area contributed by atoms with Gasteiger partial charge in [-0.05, 0) is 19.4 Å². The molecule has 0 aliphatic rings. The van der Waals surface area contributed by atoms with Crippen molar-refractivity contribution in [1.82, 2.24) is 19.5 Å². The minimum absolute atomic E-state index is 0.662. The zero-order valence-corrected chi connectivity index (χ0v) is 10.2. The number of aryl methyl sites for hydroxylation is 1. The van der Waals surface area contributed by atoms with Crippen LogP contribution in [0.4, 0.5) is 5.95 Å². The molecule has 90 valence electrons. The second kappa shape index (κ2) is 5.43. The SMILES string of the molecule is CCCNc1nccc(-c2nccn2CC)n1. The van der Waals surface area contributed by atoms with Crippen LogP contribution in [0.15, 0.2) is 24.7 Å². The first-order chi connectivity index (χ1) is 8.35. The zero-order valence-electron chi connectivity index (χ0n) is 10.2. The van der Waals surface area contributed by atoms with E-state index in [1.807, 2.05) is 12.3 Å². The number of aromatic nitrogens is 4. The van der Waals surface area contributed by atoms with E-state index in [9.17, 15) is 0 Å². The maximum atomic E-state index is 4.46. The van der Waals surface area contributed by atoms with E-state index in [0.29, 0.717) is 5.95 Å². The van der Waals surface area contributed by atoms with Gasteiger partial charge in [-0.25, -0.2) is 15.0 Å². The molecule has 0 atom stereocenters. The molecule has 0 bridgehead atoms. The summed E-state index contributed by atoms with van der Waals surface area (Å²) in [7, 11) is 0. The van der Waals surface area contributed by atoms with Crippen molar-refractivity contribution in [3.05, 3.63) is 24.7 Å². The van der Waals surface area contributed by atoms with Crippen LogP contribution in [-0.4, -0.2) is 26.1 Å². The molecule has 0 unspecified atom stereocenters. The van der Waals surface area contributed by atoms with E-state index >= 15 is 0 Å². The van der Waals surface area contributed by atoms with Crippen molar-refractivity contribution in [2.24, 2.45) is 0 Å². The summed E-state index contributed by atoms with van der Waals surface area (Å²) in [6.45, 7) is 5.96. The van der Waals surface area contributed by atoms with Gasteiger partial charge >= 0.3 is 0 Å². The fourth-order valence-electron chi connectivity index (χ4n) is 1.60. The summed E-state index contributed by atoms with van der Waals surface area (Å²) < 4.78 is 2.06. The predicted octanol–water partition coefficient (Wildman–Crippen LogP) is 2.18. The third kappa shape index (κ3) is 2.61. The number of imidazole rings is 1. The van der Waals surface area contributed by atoms with Gasteiger partial charge < -0.3 is 9.88 Å². The molecule has 0 radical (unpaired) electrons. The van der Waals surface area contributed by atoms with Gasteiger partial charge in [0.05, 0.1) is 0 Å². The monoisotopic (exact) mass is 231 g/mol. The minimum Gasteiger partial charge on any atom is -0.354 e. The number of anilines is 1. The van der Waals surface area contributed by atoms with Gasteiger partial charge in [0, 0.05) is 31.7 Å². The second-order valence-corrected chi connectivity index (χ2v) is 3.73. The highest BCUT2D eigenvalue weighted by molar-refractivity contribution is 5.51. The molecule has 5 nitrogen and oxygen atoms in total. The smallest absolute Gasteiger partial charge is 0.223 e. The largest absolute Gasteiger partial charge is 0.354 e. The molecule has 2 heterocycles. The topological polar surface area (TPSA) is 55.6 Å². The minimum atomic E-state index is 0.662. The van der Waals surface area contributed by atoms with Gasteiger partial charge in [0.2, 0.25) is 5.95 Å². The molecule has 0 aliphatic carbocycles. The highest BCUT2D eigenvalue weighted by Gasteiger charge is 2.07. The molecule has 1 N–H and O–H groups in total. The summed E-state index contributed by atoms with van der Waals surface area (Å²) in [6, 6.07) is 1.88. The number of hydrogen-bond acceptors (Lipinski definition) is 4. The van der Waals surface area contributed by atoms with Crippen molar-refractivity contribution < 1.29 is 0 Å². The summed E-state index contributed by atoms with van der Waals surface area (Å²) in [6.07, 6.45) is 6.56. The summed E-state index contributed by atoms with van der Waals surface area (Å²) in [5.41, 5.74) is 0.852. The molecule has 0 aliphatic heterocycles. The van der Waals surface area contributed by atoms with Crippen molar-refractivity contribution in [2.45, 2.75) is 26.8 Å². The average Bonchev–Trinajstić information content (AvgIpc) is 2.85. The molecular weight excluding hydrogens is 214 g/mol. The van der Waals surface area contributed by atoms with E-state index in [1.165, 1.54) is 0 Å². The van der Waals surface area contributed by atoms with E-state index < -0.39 is 0 Å². The van der Waals surface area contributed by atoms with E-state index in [1.54, 1.807) is 12.4 Å². The summed E-state index contributed by atoms with van der Waals surface area (Å²) in [5.74, 6) is 1.55. The molecule has 5 heteroatoms. The van der Waals surface area contributed by atoms with Crippen molar-refractivity contribution in [3.8, 4) is 11.5 Å². The quantitative estimate of drug-likeness (QED) is 0.857. The fourth-order valence-corrected chi connectivity index (χ4v) is 1.60. The molecule has 0 saturated heterocycles. The molecule has 0 spiro atoms. The van der Waals surface area contributed by atoms with Crippen LogP contribution >= 0.6 is 0 Å². The molecule has 0 aromatic carbocycles. The maximum absolute atomic E-state index is 4.46. The van der Waals surface area contributed by atoms with Crippen LogP contribution in [0, 0.1) is 0 Å². The first-order valence-electron chi connectivity index (χ1n) is 5.93. The third-order valence-corrected chi connectivity index (χ3v) is 2.47. The lowest BCUT2D eigenvalue weighted by Gasteiger charge is -2.06. The Morgan fingerprint density at radius 2 is 2.12 bits per heavy atom. The normalized spacial score (nSPS) is 10.5. The Labute approximate surface area is 101 Å². The third-order valence-electron chi connectivity index (χ3n) is 2.47. The van der Waals surface area contributed by atoms with E-state index in [-0.39, 0.29) is 0 Å². The second-order valence-electron chi connectivity index (χ2n) is 3.73. The van der Waals surface area contributed by atoms with Gasteiger partial charge in [-0.2, -0.15) is 0 Å². The van der Waals surface area contributed by atoms with Crippen molar-refractivity contribution in [1.29, 1.82) is 0 Å². The Morgan fingerprint density at radius 3 is 2.88 bits per heavy atom. The van der Waals surface area contributed by atoms with Gasteiger partial charge in [-0.3, -0.25) is 0 Å². The van der Waals surface area contributed by atoms with E-state index in [2.05, 4.69) is 38.7 Å². The summed E-state index contributed by atoms with van der Waals surface area (Å²) in [5, 5.41) is 3.17. The van der Waals surface area contributed by atoms with Crippen LogP contribution in [0.25, 0.3) is 11.5 Å². The fraction of sp³-hybridized carbons (Fsp3) is 0.417. The Morgan fingerprint density at radius 1 is 1.24 bits per heavy atom. The lowest BCUT2D eigenvalue weighted by molar-refractivity contribution is 0.767. The molecule has 0 fully saturated rings. The summed E-state index contributed by atoms with van der Waals surface area (Å²) in [4.78, 5) is 13.0. The van der Waals surface area contributed by atoms with Gasteiger partial charge in [-0.1, -0.05) is 6.92 Å². The zero-order chi connectivity index (χ0) is 12.1. The van der Waals surface area contributed by atoms with Crippen LogP contribution in [0.2, 0.25) is 0 Å². The number of nitrogens with zero attached hydrogens (tertiary/aromatic N) is 4. The van der Waals surface area contributed by atoms with Crippen LogP contribution in [0.3, 0.4) is 0 Å². The molecule has 2 rings (SSSR count). The van der Waals surface area contributed by atoms with Crippen molar-refractivity contribution >= 4 is 5.95 Å². The van der Waals surface area contributed by atoms with E-state index in [0.717, 1.165) is 31.0 Å². The highest BCUT2D eigenvalue weighted by Crippen LogP contribution is 2.15. The van der Waals surface area contributed by atoms with Crippen LogP contribution in [0.5, 0.6) is 0 Å². The Hall–Kier alpha value is -1.91. The Balaban J connectivity index is 2.26. The molecular formula is C12H17N5.